The minimum absolute atomic E-state index is 0.0815. The van der Waals surface area contributed by atoms with E-state index in [-0.39, 0.29) is 17.3 Å². The van der Waals surface area contributed by atoms with E-state index in [2.05, 4.69) is 11.3 Å². The van der Waals surface area contributed by atoms with E-state index < -0.39 is 10.0 Å². The molecule has 0 radical (unpaired) electrons. The number of rotatable bonds is 6. The number of hydrogen-bond acceptors (Lipinski definition) is 4. The van der Waals surface area contributed by atoms with Gasteiger partial charge in [0.15, 0.2) is 0 Å². The molecule has 0 saturated carbocycles. The van der Waals surface area contributed by atoms with Gasteiger partial charge in [-0.1, -0.05) is 18.9 Å². The second kappa shape index (κ2) is 8.69. The number of nitrogens with zero attached hydrogens (tertiary/aromatic N) is 1. The van der Waals surface area contributed by atoms with E-state index in [1.54, 1.807) is 6.07 Å². The minimum Gasteiger partial charge on any atom is -0.339 e. The molecule has 0 unspecified atom stereocenters. The van der Waals surface area contributed by atoms with Crippen LogP contribution in [-0.4, -0.2) is 45.1 Å². The molecule has 0 atom stereocenters. The highest BCUT2D eigenvalue weighted by atomic mass is 32.2. The number of thioether (sulfide) groups is 1. The predicted octanol–water partition coefficient (Wildman–Crippen LogP) is 2.89. The Labute approximate surface area is 148 Å². The van der Waals surface area contributed by atoms with E-state index in [1.165, 1.54) is 30.0 Å². The summed E-state index contributed by atoms with van der Waals surface area (Å²) in [6, 6.07) is 4.74. The third-order valence-electron chi connectivity index (χ3n) is 4.02. The van der Waals surface area contributed by atoms with Crippen molar-refractivity contribution in [3.8, 4) is 0 Å². The van der Waals surface area contributed by atoms with E-state index in [9.17, 15) is 13.2 Å². The highest BCUT2D eigenvalue weighted by Gasteiger charge is 2.23. The summed E-state index contributed by atoms with van der Waals surface area (Å²) in [5.74, 6) is -0.0815. The van der Waals surface area contributed by atoms with Gasteiger partial charge in [0.05, 0.1) is 10.5 Å². The Kier molecular flexibility index (Phi) is 6.89. The Bertz CT molecular complexity index is 694. The molecule has 1 aliphatic heterocycles. The lowest BCUT2D eigenvalue weighted by Gasteiger charge is -2.22. The van der Waals surface area contributed by atoms with Crippen molar-refractivity contribution >= 4 is 27.7 Å². The molecule has 7 heteroatoms. The lowest BCUT2D eigenvalue weighted by molar-refractivity contribution is 0.0758. The molecule has 2 rings (SSSR count). The number of hydrogen-bond donors (Lipinski definition) is 1. The summed E-state index contributed by atoms with van der Waals surface area (Å²) < 4.78 is 27.1. The van der Waals surface area contributed by atoms with Gasteiger partial charge < -0.3 is 4.90 Å². The summed E-state index contributed by atoms with van der Waals surface area (Å²) >= 11 is 1.45. The van der Waals surface area contributed by atoms with Gasteiger partial charge in [-0.05, 0) is 37.3 Å². The van der Waals surface area contributed by atoms with Crippen LogP contribution in [0.25, 0.3) is 0 Å². The Morgan fingerprint density at radius 2 is 1.96 bits per heavy atom. The first-order valence-corrected chi connectivity index (χ1v) is 10.8. The van der Waals surface area contributed by atoms with Crippen LogP contribution in [0.2, 0.25) is 0 Å². The zero-order chi connectivity index (χ0) is 17.6. The summed E-state index contributed by atoms with van der Waals surface area (Å²) in [6.45, 7) is 5.13. The van der Waals surface area contributed by atoms with Gasteiger partial charge in [-0.2, -0.15) is 0 Å². The van der Waals surface area contributed by atoms with E-state index >= 15 is 0 Å². The van der Waals surface area contributed by atoms with Crippen molar-refractivity contribution in [2.75, 3.05) is 25.9 Å². The molecule has 1 aromatic rings. The molecule has 1 aliphatic rings. The van der Waals surface area contributed by atoms with Gasteiger partial charge in [-0.3, -0.25) is 4.79 Å². The van der Waals surface area contributed by atoms with E-state index in [4.69, 9.17) is 0 Å². The van der Waals surface area contributed by atoms with Gasteiger partial charge in [0.1, 0.15) is 0 Å². The van der Waals surface area contributed by atoms with Crippen molar-refractivity contribution in [1.29, 1.82) is 0 Å². The molecule has 1 aromatic carbocycles. The molecule has 132 valence electrons. The quantitative estimate of drug-likeness (QED) is 0.619. The van der Waals surface area contributed by atoms with Crippen LogP contribution >= 0.6 is 11.8 Å². The zero-order valence-electron chi connectivity index (χ0n) is 14.0. The van der Waals surface area contributed by atoms with Gasteiger partial charge >= 0.3 is 0 Å². The topological polar surface area (TPSA) is 66.5 Å². The third kappa shape index (κ3) is 4.62. The predicted molar refractivity (Wildman–Crippen MR) is 98.0 cm³/mol. The SMILES string of the molecule is C=CCNS(=O)(=O)c1ccc(SC)c(C(=O)N2CCCCCC2)c1. The summed E-state index contributed by atoms with van der Waals surface area (Å²) in [7, 11) is -3.64. The fraction of sp³-hybridized carbons (Fsp3) is 0.471. The van der Waals surface area contributed by atoms with Crippen molar-refractivity contribution in [3.05, 3.63) is 36.4 Å². The van der Waals surface area contributed by atoms with Gasteiger partial charge in [-0.15, -0.1) is 18.3 Å². The molecule has 0 aliphatic carbocycles. The van der Waals surface area contributed by atoms with Gasteiger partial charge in [0.25, 0.3) is 5.91 Å². The number of nitrogens with one attached hydrogen (secondary N) is 1. The van der Waals surface area contributed by atoms with E-state index in [1.807, 2.05) is 11.2 Å². The maximum absolute atomic E-state index is 12.9. The molecule has 0 aromatic heterocycles. The number of amides is 1. The van der Waals surface area contributed by atoms with Crippen LogP contribution < -0.4 is 4.72 Å². The molecular weight excluding hydrogens is 344 g/mol. The summed E-state index contributed by atoms with van der Waals surface area (Å²) in [4.78, 5) is 15.7. The monoisotopic (exact) mass is 368 g/mol. The first-order valence-electron chi connectivity index (χ1n) is 8.07. The average molecular weight is 369 g/mol. The standard InChI is InChI=1S/C17H24N2O3S2/c1-3-10-18-24(21,22)14-8-9-16(23-2)15(13-14)17(20)19-11-6-4-5-7-12-19/h3,8-9,13,18H,1,4-7,10-12H2,2H3. The number of carbonyl (C=O) groups is 1. The number of benzene rings is 1. The molecule has 1 amide bonds. The largest absolute Gasteiger partial charge is 0.339 e. The lowest BCUT2D eigenvalue weighted by Crippen LogP contribution is -2.32. The Morgan fingerprint density at radius 3 is 2.54 bits per heavy atom. The van der Waals surface area contributed by atoms with Crippen molar-refractivity contribution < 1.29 is 13.2 Å². The Hall–Kier alpha value is -1.31. The van der Waals surface area contributed by atoms with Crippen LogP contribution in [0.3, 0.4) is 0 Å². The zero-order valence-corrected chi connectivity index (χ0v) is 15.6. The Morgan fingerprint density at radius 1 is 1.29 bits per heavy atom. The van der Waals surface area contributed by atoms with Crippen molar-refractivity contribution in [1.82, 2.24) is 9.62 Å². The highest BCUT2D eigenvalue weighted by Crippen LogP contribution is 2.26. The summed E-state index contributed by atoms with van der Waals surface area (Å²) in [6.07, 6.45) is 7.65. The smallest absolute Gasteiger partial charge is 0.255 e. The Balaban J connectivity index is 2.35. The molecule has 1 saturated heterocycles. The maximum atomic E-state index is 12.9. The maximum Gasteiger partial charge on any atom is 0.255 e. The van der Waals surface area contributed by atoms with Crippen molar-refractivity contribution in [2.45, 2.75) is 35.5 Å². The van der Waals surface area contributed by atoms with Crippen LogP contribution in [-0.2, 0) is 10.0 Å². The van der Waals surface area contributed by atoms with Gasteiger partial charge in [0.2, 0.25) is 10.0 Å². The highest BCUT2D eigenvalue weighted by molar-refractivity contribution is 7.98. The van der Waals surface area contributed by atoms with Gasteiger partial charge in [-0.25, -0.2) is 13.1 Å². The molecule has 5 nitrogen and oxygen atoms in total. The summed E-state index contributed by atoms with van der Waals surface area (Å²) in [5, 5.41) is 0. The first-order chi connectivity index (χ1) is 11.5. The summed E-state index contributed by atoms with van der Waals surface area (Å²) in [5.41, 5.74) is 0.464. The average Bonchev–Trinajstić information content (AvgIpc) is 2.88. The lowest BCUT2D eigenvalue weighted by atomic mass is 10.2. The molecule has 0 bridgehead atoms. The van der Waals surface area contributed by atoms with E-state index in [0.29, 0.717) is 5.56 Å². The molecular formula is C17H24N2O3S2. The molecule has 1 fully saturated rings. The number of likely N-dealkylation sites (tertiary alicyclic amines) is 1. The molecule has 0 spiro atoms. The fourth-order valence-corrected chi connectivity index (χ4v) is 4.31. The van der Waals surface area contributed by atoms with Crippen molar-refractivity contribution in [3.63, 3.8) is 0 Å². The second-order valence-corrected chi connectivity index (χ2v) is 8.32. The van der Waals surface area contributed by atoms with Crippen LogP contribution in [0, 0.1) is 0 Å². The van der Waals surface area contributed by atoms with Crippen LogP contribution in [0.4, 0.5) is 0 Å². The minimum atomic E-state index is -3.64. The molecule has 1 heterocycles. The molecule has 1 N–H and O–H groups in total. The van der Waals surface area contributed by atoms with Crippen LogP contribution in [0.5, 0.6) is 0 Å². The van der Waals surface area contributed by atoms with Gasteiger partial charge in [0, 0.05) is 24.5 Å². The van der Waals surface area contributed by atoms with Crippen LogP contribution in [0.1, 0.15) is 36.0 Å². The molecule has 24 heavy (non-hydrogen) atoms. The van der Waals surface area contributed by atoms with E-state index in [0.717, 1.165) is 43.7 Å². The fourth-order valence-electron chi connectivity index (χ4n) is 2.72. The van der Waals surface area contributed by atoms with Crippen LogP contribution in [0.15, 0.2) is 40.6 Å². The van der Waals surface area contributed by atoms with Crippen molar-refractivity contribution in [2.24, 2.45) is 0 Å². The second-order valence-electron chi connectivity index (χ2n) is 5.71. The normalized spacial score (nSPS) is 15.8. The first kappa shape index (κ1) is 19.0. The number of carbonyl (C=O) groups excluding carboxylic acids is 1. The number of sulfonamides is 1. The third-order valence-corrected chi connectivity index (χ3v) is 6.24.